The van der Waals surface area contributed by atoms with Crippen LogP contribution in [0.3, 0.4) is 0 Å². The van der Waals surface area contributed by atoms with Crippen molar-refractivity contribution in [1.82, 2.24) is 9.13 Å². The fourth-order valence-electron chi connectivity index (χ4n) is 12.8. The Morgan fingerprint density at radius 1 is 0.323 bits per heavy atom. The van der Waals surface area contributed by atoms with E-state index in [0.717, 1.165) is 0 Å². The maximum Gasteiger partial charge on any atom is 0.253 e. The van der Waals surface area contributed by atoms with Gasteiger partial charge in [-0.05, 0) is 99.9 Å². The minimum absolute atomic E-state index is 0.0182. The molecule has 2 nitrogen and oxygen atoms in total. The van der Waals surface area contributed by atoms with Gasteiger partial charge in [0.15, 0.2) is 0 Å². The number of hydrogen-bond acceptors (Lipinski definition) is 0. The van der Waals surface area contributed by atoms with Gasteiger partial charge in [-0.15, -0.1) is 0 Å². The fourth-order valence-corrected chi connectivity index (χ4v) is 15.1. The van der Waals surface area contributed by atoms with Gasteiger partial charge >= 0.3 is 0 Å². The first-order valence-corrected chi connectivity index (χ1v) is 30.4. The van der Waals surface area contributed by atoms with E-state index in [1.54, 1.807) is 0 Å². The van der Waals surface area contributed by atoms with Gasteiger partial charge in [-0.2, -0.15) is 0 Å². The van der Waals surface area contributed by atoms with Gasteiger partial charge in [-0.3, -0.25) is 0 Å². The van der Waals surface area contributed by atoms with E-state index in [0.29, 0.717) is 0 Å². The highest BCUT2D eigenvalue weighted by atomic mass is 28.3. The molecule has 4 heterocycles. The third-order valence-corrected chi connectivity index (χ3v) is 19.8. The van der Waals surface area contributed by atoms with Gasteiger partial charge in [-0.1, -0.05) is 189 Å². The summed E-state index contributed by atoms with van der Waals surface area (Å²) in [6.07, 6.45) is 0. The number of aromatic nitrogens is 2. The predicted molar refractivity (Wildman–Crippen MR) is 291 cm³/mol. The zero-order chi connectivity index (χ0) is 43.4. The lowest BCUT2D eigenvalue weighted by molar-refractivity contribution is 1.15. The van der Waals surface area contributed by atoms with E-state index in [9.17, 15) is 0 Å². The molecule has 11 aromatic carbocycles. The van der Waals surface area contributed by atoms with E-state index >= 15 is 0 Å². The summed E-state index contributed by atoms with van der Waals surface area (Å²) >= 11 is 0. The Bertz CT molecular complexity index is 4350. The van der Waals surface area contributed by atoms with Crippen LogP contribution in [0.5, 0.6) is 0 Å². The van der Waals surface area contributed by atoms with Crippen LogP contribution in [-0.4, -0.2) is 32.0 Å². The molecule has 0 atom stereocenters. The monoisotopic (exact) mass is 860 g/mol. The summed E-state index contributed by atoms with van der Waals surface area (Å²) < 4.78 is 5.41. The van der Waals surface area contributed by atoms with Gasteiger partial charge < -0.3 is 9.13 Å². The Balaban J connectivity index is 1.25. The second kappa shape index (κ2) is 12.0. The summed E-state index contributed by atoms with van der Waals surface area (Å²) in [5.41, 5.74) is 12.3. The maximum atomic E-state index is 2.74. The minimum atomic E-state index is -1.81. The average molecular weight is 861 g/mol. The predicted octanol–water partition coefficient (Wildman–Crippen LogP) is 13.0. The number of benzene rings is 11. The normalized spacial score (nSPS) is 13.7. The van der Waals surface area contributed by atoms with Crippen LogP contribution < -0.4 is 26.8 Å². The largest absolute Gasteiger partial charge is 0.310 e. The topological polar surface area (TPSA) is 9.86 Å². The molecule has 13 aromatic rings. The second-order valence-corrected chi connectivity index (χ2v) is 31.3. The van der Waals surface area contributed by atoms with Gasteiger partial charge in [-0.25, -0.2) is 0 Å². The molecule has 15 rings (SSSR count). The molecule has 0 bridgehead atoms. The van der Waals surface area contributed by atoms with Gasteiger partial charge in [0.05, 0.1) is 32.7 Å². The molecule has 0 amide bonds. The van der Waals surface area contributed by atoms with Crippen LogP contribution in [0, 0.1) is 0 Å². The van der Waals surface area contributed by atoms with Crippen LogP contribution in [0.15, 0.2) is 164 Å². The first kappa shape index (κ1) is 36.4. The molecule has 65 heavy (non-hydrogen) atoms. The lowest BCUT2D eigenvalue weighted by Gasteiger charge is -2.35. The molecular formula is C60H45BN2Si2. The van der Waals surface area contributed by atoms with E-state index in [2.05, 4.69) is 212 Å². The SMILES string of the molecule is C[Si](C)(C)c1ccc2c(c1)c1cc([Si](C)(C)C)cc3c1n2-c1cccc2c1B3c1c3c4ccccc4c4ccccc4c3cc3c4ccc5c6ccccc6c6ccccc6c5c4n-2c13. The van der Waals surface area contributed by atoms with E-state index in [-0.39, 0.29) is 6.71 Å². The van der Waals surface area contributed by atoms with Crippen LogP contribution in [0.25, 0.3) is 120 Å². The highest BCUT2D eigenvalue weighted by molar-refractivity contribution is 7.02. The van der Waals surface area contributed by atoms with Crippen molar-refractivity contribution in [2.75, 3.05) is 0 Å². The molecule has 0 saturated carbocycles. The molecule has 0 radical (unpaired) electrons. The third-order valence-electron chi connectivity index (χ3n) is 15.7. The molecule has 2 aliphatic rings. The Kier molecular flexibility index (Phi) is 6.75. The van der Waals surface area contributed by atoms with Gasteiger partial charge in [0.1, 0.15) is 0 Å². The van der Waals surface area contributed by atoms with E-state index in [1.165, 1.54) is 146 Å². The number of hydrogen-bond donors (Lipinski definition) is 0. The third kappa shape index (κ3) is 4.46. The Hall–Kier alpha value is -6.92. The van der Waals surface area contributed by atoms with E-state index in [1.807, 2.05) is 0 Å². The molecule has 2 aliphatic heterocycles. The number of rotatable bonds is 2. The first-order chi connectivity index (χ1) is 31.6. The van der Waals surface area contributed by atoms with Crippen molar-refractivity contribution in [1.29, 1.82) is 0 Å². The molecule has 306 valence electrons. The van der Waals surface area contributed by atoms with Crippen LogP contribution in [0.1, 0.15) is 0 Å². The van der Waals surface area contributed by atoms with Crippen LogP contribution in [0.2, 0.25) is 39.3 Å². The lowest BCUT2D eigenvalue weighted by atomic mass is 9.33. The molecule has 0 unspecified atom stereocenters. The van der Waals surface area contributed by atoms with Gasteiger partial charge in [0.2, 0.25) is 0 Å². The summed E-state index contributed by atoms with van der Waals surface area (Å²) in [6.45, 7) is 15.1. The van der Waals surface area contributed by atoms with Gasteiger partial charge in [0, 0.05) is 43.8 Å². The molecule has 5 heteroatoms. The summed E-state index contributed by atoms with van der Waals surface area (Å²) in [7, 11) is -3.42. The highest BCUT2D eigenvalue weighted by Crippen LogP contribution is 2.47. The quantitative estimate of drug-likeness (QED) is 0.121. The van der Waals surface area contributed by atoms with Crippen LogP contribution >= 0.6 is 0 Å². The van der Waals surface area contributed by atoms with Crippen molar-refractivity contribution in [3.8, 4) is 11.4 Å². The smallest absolute Gasteiger partial charge is 0.253 e. The molecule has 0 aliphatic carbocycles. The van der Waals surface area contributed by atoms with E-state index < -0.39 is 16.1 Å². The Morgan fingerprint density at radius 3 is 1.43 bits per heavy atom. The first-order valence-electron chi connectivity index (χ1n) is 23.4. The summed E-state index contributed by atoms with van der Waals surface area (Å²) in [5.74, 6) is 0. The van der Waals surface area contributed by atoms with Crippen molar-refractivity contribution in [3.05, 3.63) is 164 Å². The average Bonchev–Trinajstić information content (AvgIpc) is 3.84. The molecule has 0 fully saturated rings. The summed E-state index contributed by atoms with van der Waals surface area (Å²) in [6, 6.07) is 64.0. The maximum absolute atomic E-state index is 2.74. The number of fused-ring (bicyclic) bond motifs is 24. The minimum Gasteiger partial charge on any atom is -0.310 e. The molecular weight excluding hydrogens is 816 g/mol. The van der Waals surface area contributed by atoms with Crippen LogP contribution in [0.4, 0.5) is 0 Å². The van der Waals surface area contributed by atoms with Crippen molar-refractivity contribution < 1.29 is 0 Å². The van der Waals surface area contributed by atoms with Crippen molar-refractivity contribution in [2.24, 2.45) is 0 Å². The fraction of sp³-hybridized carbons (Fsp3) is 0.100. The zero-order valence-corrected chi connectivity index (χ0v) is 39.6. The van der Waals surface area contributed by atoms with Crippen molar-refractivity contribution >= 4 is 158 Å². The van der Waals surface area contributed by atoms with Crippen molar-refractivity contribution in [3.63, 3.8) is 0 Å². The summed E-state index contributed by atoms with van der Waals surface area (Å²) in [5, 5.41) is 24.4. The standard InChI is InChI=1S/C60H45BN2Si2/c1-64(2,3)34-26-29-51-46(30-34)48-31-35(65(4,5)6)32-50-58(48)62(51)52-24-15-25-53-56(52)61(50)57-54-42-22-13-11-18-38(42)37-17-8-10-21-41(37)47(54)33-49-45-28-27-44-40-20-9-7-16-36(40)39-19-12-14-23-43(39)55(44)59(45)63(53)60(49)57/h7-33H,1-6H3. The number of nitrogens with zero attached hydrogens (tertiary/aromatic N) is 2. The lowest BCUT2D eigenvalue weighted by Crippen LogP contribution is -2.60. The Morgan fingerprint density at radius 2 is 0.815 bits per heavy atom. The molecule has 2 aromatic heterocycles. The summed E-state index contributed by atoms with van der Waals surface area (Å²) in [4.78, 5) is 0. The van der Waals surface area contributed by atoms with Crippen LogP contribution in [-0.2, 0) is 0 Å². The van der Waals surface area contributed by atoms with E-state index in [4.69, 9.17) is 0 Å². The zero-order valence-electron chi connectivity index (χ0n) is 37.6. The van der Waals surface area contributed by atoms with Crippen molar-refractivity contribution in [2.45, 2.75) is 39.3 Å². The molecule has 0 N–H and O–H groups in total. The molecule has 0 saturated heterocycles. The second-order valence-electron chi connectivity index (χ2n) is 21.2. The Labute approximate surface area is 379 Å². The van der Waals surface area contributed by atoms with Gasteiger partial charge in [0.25, 0.3) is 6.71 Å². The molecule has 0 spiro atoms. The highest BCUT2D eigenvalue weighted by Gasteiger charge is 2.43.